The van der Waals surface area contributed by atoms with E-state index >= 15 is 0 Å². The van der Waals surface area contributed by atoms with Gasteiger partial charge in [-0.25, -0.2) is 0 Å². The first-order chi connectivity index (χ1) is 5.79. The van der Waals surface area contributed by atoms with Gasteiger partial charge in [0.15, 0.2) is 0 Å². The van der Waals surface area contributed by atoms with Crippen molar-refractivity contribution in [1.29, 1.82) is 0 Å². The van der Waals surface area contributed by atoms with Crippen molar-refractivity contribution in [2.45, 2.75) is 40.2 Å². The van der Waals surface area contributed by atoms with E-state index in [1.807, 2.05) is 0 Å². The van der Waals surface area contributed by atoms with Crippen LogP contribution in [0, 0.1) is 17.3 Å². The maximum atomic E-state index is 5.77. The second-order valence-electron chi connectivity index (χ2n) is 5.69. The summed E-state index contributed by atoms with van der Waals surface area (Å²) in [5.41, 5.74) is 6.07. The Labute approximate surface area is 81.8 Å². The maximum Gasteiger partial charge on any atom is 0.0598 e. The van der Waals surface area contributed by atoms with Crippen LogP contribution < -0.4 is 5.73 Å². The van der Waals surface area contributed by atoms with E-state index in [9.17, 15) is 0 Å². The molecule has 0 aromatic rings. The third-order valence-corrected chi connectivity index (χ3v) is 3.24. The lowest BCUT2D eigenvalue weighted by molar-refractivity contribution is -0.0136. The number of hydrogen-bond donors (Lipinski definition) is 1. The summed E-state index contributed by atoms with van der Waals surface area (Å²) >= 11 is 0. The Morgan fingerprint density at radius 3 is 2.08 bits per heavy atom. The average Bonchev–Trinajstić information content (AvgIpc) is 2.46. The van der Waals surface area contributed by atoms with Gasteiger partial charge in [0.05, 0.1) is 12.2 Å². The van der Waals surface area contributed by atoms with Crippen LogP contribution in [0.3, 0.4) is 0 Å². The van der Waals surface area contributed by atoms with E-state index in [1.165, 1.54) is 0 Å². The molecule has 0 heterocycles. The van der Waals surface area contributed by atoms with Crippen LogP contribution in [0.5, 0.6) is 0 Å². The monoisotopic (exact) mass is 185 g/mol. The Bertz CT molecular complexity index is 181. The molecule has 0 aliphatic heterocycles. The molecule has 1 fully saturated rings. The summed E-state index contributed by atoms with van der Waals surface area (Å²) in [6.45, 7) is 12.5. The number of hydrogen-bond acceptors (Lipinski definition) is 2. The zero-order chi connectivity index (χ0) is 10.3. The van der Waals surface area contributed by atoms with Crippen molar-refractivity contribution in [3.63, 3.8) is 0 Å². The second-order valence-corrected chi connectivity index (χ2v) is 5.69. The third kappa shape index (κ3) is 2.44. The fraction of sp³-hybridized carbons (Fsp3) is 1.00. The normalized spacial score (nSPS) is 31.8. The van der Waals surface area contributed by atoms with Gasteiger partial charge < -0.3 is 10.5 Å². The molecule has 0 aromatic carbocycles. The molecule has 0 saturated heterocycles. The zero-order valence-electron chi connectivity index (χ0n) is 9.55. The van der Waals surface area contributed by atoms with Crippen molar-refractivity contribution in [2.24, 2.45) is 23.0 Å². The molecule has 1 aliphatic carbocycles. The highest BCUT2D eigenvalue weighted by Gasteiger charge is 2.56. The van der Waals surface area contributed by atoms with Crippen LogP contribution in [0.15, 0.2) is 0 Å². The molecule has 0 spiro atoms. The number of nitrogens with two attached hydrogens (primary N) is 1. The number of ether oxygens (including phenoxy) is 1. The summed E-state index contributed by atoms with van der Waals surface area (Å²) in [7, 11) is 0. The Kier molecular flexibility index (Phi) is 2.75. The summed E-state index contributed by atoms with van der Waals surface area (Å²) in [5.74, 6) is 1.33. The number of rotatable bonds is 3. The van der Waals surface area contributed by atoms with Crippen LogP contribution in [0.4, 0.5) is 0 Å². The lowest BCUT2D eigenvalue weighted by atomic mass is 10.1. The minimum absolute atomic E-state index is 0.0161. The van der Waals surface area contributed by atoms with Crippen LogP contribution in [-0.4, -0.2) is 18.8 Å². The van der Waals surface area contributed by atoms with Crippen LogP contribution in [0.25, 0.3) is 0 Å². The minimum Gasteiger partial charge on any atom is -0.376 e. The smallest absolute Gasteiger partial charge is 0.0598 e. The van der Waals surface area contributed by atoms with Crippen LogP contribution in [0.1, 0.15) is 34.6 Å². The molecule has 0 amide bonds. The first-order valence-electron chi connectivity index (χ1n) is 5.13. The van der Waals surface area contributed by atoms with Gasteiger partial charge in [-0.05, 0) is 44.6 Å². The van der Waals surface area contributed by atoms with Gasteiger partial charge in [0.2, 0.25) is 0 Å². The summed E-state index contributed by atoms with van der Waals surface area (Å²) < 4.78 is 5.77. The van der Waals surface area contributed by atoms with Gasteiger partial charge >= 0.3 is 0 Å². The van der Waals surface area contributed by atoms with E-state index in [0.29, 0.717) is 17.3 Å². The molecule has 1 aliphatic rings. The molecule has 0 unspecified atom stereocenters. The molecule has 1 saturated carbocycles. The summed E-state index contributed by atoms with van der Waals surface area (Å²) in [4.78, 5) is 0. The quantitative estimate of drug-likeness (QED) is 0.730. The van der Waals surface area contributed by atoms with Crippen molar-refractivity contribution in [3.05, 3.63) is 0 Å². The standard InChI is InChI=1S/C11H23NO/c1-10(2,3)13-7-9-8(6-12)11(9,4)5/h8-9H,6-7,12H2,1-5H3/t8-,9-/m1/s1. The van der Waals surface area contributed by atoms with Gasteiger partial charge in [-0.3, -0.25) is 0 Å². The second kappa shape index (κ2) is 3.25. The molecule has 2 atom stereocenters. The maximum absolute atomic E-state index is 5.77. The Balaban J connectivity index is 2.33. The first-order valence-corrected chi connectivity index (χ1v) is 5.13. The van der Waals surface area contributed by atoms with Crippen molar-refractivity contribution in [3.8, 4) is 0 Å². The molecular formula is C11H23NO. The Morgan fingerprint density at radius 2 is 1.77 bits per heavy atom. The van der Waals surface area contributed by atoms with Crippen molar-refractivity contribution >= 4 is 0 Å². The van der Waals surface area contributed by atoms with Gasteiger partial charge in [-0.15, -0.1) is 0 Å². The molecule has 13 heavy (non-hydrogen) atoms. The van der Waals surface area contributed by atoms with E-state index in [4.69, 9.17) is 10.5 Å². The summed E-state index contributed by atoms with van der Waals surface area (Å²) in [6.07, 6.45) is 0. The van der Waals surface area contributed by atoms with Crippen LogP contribution in [-0.2, 0) is 4.74 Å². The lowest BCUT2D eigenvalue weighted by Crippen LogP contribution is -2.21. The molecule has 1 rings (SSSR count). The predicted octanol–water partition coefficient (Wildman–Crippen LogP) is 2.03. The molecule has 0 aromatic heterocycles. The highest BCUT2D eigenvalue weighted by atomic mass is 16.5. The van der Waals surface area contributed by atoms with Crippen LogP contribution >= 0.6 is 0 Å². The summed E-state index contributed by atoms with van der Waals surface area (Å²) in [6, 6.07) is 0. The molecule has 0 radical (unpaired) electrons. The highest BCUT2D eigenvalue weighted by Crippen LogP contribution is 2.57. The van der Waals surface area contributed by atoms with Gasteiger partial charge in [0, 0.05) is 0 Å². The average molecular weight is 185 g/mol. The zero-order valence-corrected chi connectivity index (χ0v) is 9.55. The Hall–Kier alpha value is -0.0800. The van der Waals surface area contributed by atoms with E-state index in [0.717, 1.165) is 13.2 Å². The molecular weight excluding hydrogens is 162 g/mol. The van der Waals surface area contributed by atoms with E-state index in [1.54, 1.807) is 0 Å². The fourth-order valence-corrected chi connectivity index (χ4v) is 2.00. The van der Waals surface area contributed by atoms with E-state index in [2.05, 4.69) is 34.6 Å². The molecule has 0 bridgehead atoms. The highest BCUT2D eigenvalue weighted by molar-refractivity contribution is 5.05. The molecule has 2 nitrogen and oxygen atoms in total. The topological polar surface area (TPSA) is 35.2 Å². The van der Waals surface area contributed by atoms with Gasteiger partial charge in [-0.1, -0.05) is 13.8 Å². The van der Waals surface area contributed by atoms with Gasteiger partial charge in [0.1, 0.15) is 0 Å². The van der Waals surface area contributed by atoms with Gasteiger partial charge in [-0.2, -0.15) is 0 Å². The largest absolute Gasteiger partial charge is 0.376 e. The van der Waals surface area contributed by atoms with E-state index < -0.39 is 0 Å². The fourth-order valence-electron chi connectivity index (χ4n) is 2.00. The predicted molar refractivity (Wildman–Crippen MR) is 55.5 cm³/mol. The SMILES string of the molecule is CC(C)(C)OC[C@@H]1[C@@H](CN)C1(C)C. The first kappa shape index (κ1) is 11.0. The third-order valence-electron chi connectivity index (χ3n) is 3.24. The summed E-state index contributed by atoms with van der Waals surface area (Å²) in [5, 5.41) is 0. The molecule has 2 N–H and O–H groups in total. The van der Waals surface area contributed by atoms with E-state index in [-0.39, 0.29) is 5.60 Å². The molecule has 78 valence electrons. The van der Waals surface area contributed by atoms with Crippen molar-refractivity contribution < 1.29 is 4.74 Å². The lowest BCUT2D eigenvalue weighted by Gasteiger charge is -2.20. The van der Waals surface area contributed by atoms with Crippen molar-refractivity contribution in [2.75, 3.05) is 13.2 Å². The molecule has 2 heteroatoms. The van der Waals surface area contributed by atoms with Gasteiger partial charge in [0.25, 0.3) is 0 Å². The van der Waals surface area contributed by atoms with Crippen LogP contribution in [0.2, 0.25) is 0 Å². The Morgan fingerprint density at radius 1 is 1.23 bits per heavy atom. The van der Waals surface area contributed by atoms with Crippen molar-refractivity contribution in [1.82, 2.24) is 0 Å². The minimum atomic E-state index is -0.0161.